The molecule has 5 heteroatoms. The zero-order chi connectivity index (χ0) is 18.2. The molecule has 134 valence electrons. The fourth-order valence-corrected chi connectivity index (χ4v) is 3.71. The molecule has 1 fully saturated rings. The Hall–Kier alpha value is -2.27. The van der Waals surface area contributed by atoms with Crippen molar-refractivity contribution >= 4 is 5.91 Å². The highest BCUT2D eigenvalue weighted by atomic mass is 16.5. The van der Waals surface area contributed by atoms with Crippen LogP contribution in [0.4, 0.5) is 0 Å². The lowest BCUT2D eigenvalue weighted by Crippen LogP contribution is -2.48. The van der Waals surface area contributed by atoms with Gasteiger partial charge in [-0.05, 0) is 57.4 Å². The number of carbonyl (C=O) groups is 1. The summed E-state index contributed by atoms with van der Waals surface area (Å²) in [6, 6.07) is 8.86. The number of ether oxygens (including phenoxy) is 1. The normalized spacial score (nSPS) is 19.7. The second-order valence-electron chi connectivity index (χ2n) is 6.86. The number of benzene rings is 1. The first-order valence-electron chi connectivity index (χ1n) is 8.59. The highest BCUT2D eigenvalue weighted by Gasteiger charge is 2.43. The molecule has 25 heavy (non-hydrogen) atoms. The number of amides is 1. The quantitative estimate of drug-likeness (QED) is 0.924. The molecule has 0 spiro atoms. The minimum Gasteiger partial charge on any atom is -0.497 e. The first-order chi connectivity index (χ1) is 11.8. The second-order valence-corrected chi connectivity index (χ2v) is 6.86. The molecule has 1 aliphatic rings. The maximum Gasteiger partial charge on any atom is 0.257 e. The average molecular weight is 343 g/mol. The van der Waals surface area contributed by atoms with Crippen LogP contribution in [0, 0.1) is 13.8 Å². The number of aliphatic hydroxyl groups is 1. The van der Waals surface area contributed by atoms with Crippen LogP contribution < -0.4 is 4.74 Å². The number of carbonyl (C=O) groups excluding carboxylic acids is 1. The van der Waals surface area contributed by atoms with E-state index in [0.29, 0.717) is 17.9 Å². The van der Waals surface area contributed by atoms with Gasteiger partial charge in [0.15, 0.2) is 0 Å². The summed E-state index contributed by atoms with van der Waals surface area (Å²) in [5, 5.41) is 11.2. The fraction of sp³-hybridized carbons (Fsp3) is 0.450. The summed E-state index contributed by atoms with van der Waals surface area (Å²) in [5.41, 5.74) is 0.221. The van der Waals surface area contributed by atoms with E-state index in [1.165, 1.54) is 0 Å². The van der Waals surface area contributed by atoms with E-state index in [2.05, 4.69) is 0 Å². The topological polar surface area (TPSA) is 62.9 Å². The van der Waals surface area contributed by atoms with Crippen molar-refractivity contribution in [2.24, 2.45) is 0 Å². The van der Waals surface area contributed by atoms with Crippen molar-refractivity contribution in [1.82, 2.24) is 4.90 Å². The predicted molar refractivity (Wildman–Crippen MR) is 94.8 cm³/mol. The lowest BCUT2D eigenvalue weighted by molar-refractivity contribution is -0.0177. The Kier molecular flexibility index (Phi) is 4.60. The molecule has 0 saturated carbocycles. The number of hydrogen-bond donors (Lipinski definition) is 1. The molecule has 0 radical (unpaired) electrons. The van der Waals surface area contributed by atoms with E-state index in [-0.39, 0.29) is 11.9 Å². The van der Waals surface area contributed by atoms with E-state index in [1.54, 1.807) is 31.9 Å². The second kappa shape index (κ2) is 6.56. The summed E-state index contributed by atoms with van der Waals surface area (Å²) in [7, 11) is 1.61. The molecule has 0 bridgehead atoms. The molecular formula is C20H25NO4. The van der Waals surface area contributed by atoms with Gasteiger partial charge in [-0.1, -0.05) is 12.1 Å². The lowest BCUT2D eigenvalue weighted by Gasteiger charge is -2.37. The van der Waals surface area contributed by atoms with Crippen LogP contribution in [0.15, 0.2) is 34.7 Å². The van der Waals surface area contributed by atoms with Crippen LogP contribution in [0.1, 0.15) is 47.2 Å². The van der Waals surface area contributed by atoms with Crippen molar-refractivity contribution in [2.75, 3.05) is 13.7 Å². The summed E-state index contributed by atoms with van der Waals surface area (Å²) in [6.07, 6.45) is 1.64. The van der Waals surface area contributed by atoms with E-state index < -0.39 is 5.60 Å². The van der Waals surface area contributed by atoms with Crippen LogP contribution in [0.5, 0.6) is 5.75 Å². The minimum absolute atomic E-state index is 0.0781. The molecule has 1 amide bonds. The number of rotatable bonds is 4. The molecule has 1 aromatic carbocycles. The van der Waals surface area contributed by atoms with Crippen molar-refractivity contribution in [3.05, 3.63) is 53.0 Å². The summed E-state index contributed by atoms with van der Waals surface area (Å²) in [4.78, 5) is 14.8. The molecule has 1 aromatic heterocycles. The SMILES string of the molecule is COc1ccc([C@](C)(O)[C@H]2CCCN2C(=O)c2cc(C)oc2C)cc1. The average Bonchev–Trinajstić information content (AvgIpc) is 3.21. The largest absolute Gasteiger partial charge is 0.497 e. The molecular weight excluding hydrogens is 318 g/mol. The Labute approximate surface area is 148 Å². The summed E-state index contributed by atoms with van der Waals surface area (Å²) >= 11 is 0. The molecule has 2 heterocycles. The third-order valence-corrected chi connectivity index (χ3v) is 5.11. The van der Waals surface area contributed by atoms with E-state index >= 15 is 0 Å². The van der Waals surface area contributed by atoms with Gasteiger partial charge >= 0.3 is 0 Å². The molecule has 1 aliphatic heterocycles. The minimum atomic E-state index is -1.13. The molecule has 0 unspecified atom stereocenters. The Morgan fingerprint density at radius 3 is 2.56 bits per heavy atom. The molecule has 2 atom stereocenters. The van der Waals surface area contributed by atoms with Crippen LogP contribution in [0.2, 0.25) is 0 Å². The smallest absolute Gasteiger partial charge is 0.257 e. The lowest BCUT2D eigenvalue weighted by atomic mass is 9.86. The van der Waals surface area contributed by atoms with Gasteiger partial charge in [0.1, 0.15) is 22.9 Å². The molecule has 1 N–H and O–H groups in total. The highest BCUT2D eigenvalue weighted by Crippen LogP contribution is 2.36. The predicted octanol–water partition coefficient (Wildman–Crippen LogP) is 3.42. The highest BCUT2D eigenvalue weighted by molar-refractivity contribution is 5.95. The summed E-state index contributed by atoms with van der Waals surface area (Å²) < 4.78 is 10.7. The van der Waals surface area contributed by atoms with E-state index in [9.17, 15) is 9.90 Å². The Morgan fingerprint density at radius 1 is 1.32 bits per heavy atom. The van der Waals surface area contributed by atoms with E-state index in [4.69, 9.17) is 9.15 Å². The van der Waals surface area contributed by atoms with Crippen molar-refractivity contribution in [3.8, 4) is 5.75 Å². The van der Waals surface area contributed by atoms with E-state index in [1.807, 2.05) is 31.2 Å². The number of aryl methyl sites for hydroxylation is 2. The maximum absolute atomic E-state index is 13.0. The zero-order valence-corrected chi connectivity index (χ0v) is 15.2. The monoisotopic (exact) mass is 343 g/mol. The third kappa shape index (κ3) is 3.16. The van der Waals surface area contributed by atoms with Crippen LogP contribution in [0.3, 0.4) is 0 Å². The van der Waals surface area contributed by atoms with Crippen molar-refractivity contribution in [1.29, 1.82) is 0 Å². The van der Waals surface area contributed by atoms with E-state index in [0.717, 1.165) is 29.9 Å². The van der Waals surface area contributed by atoms with Gasteiger partial charge in [0, 0.05) is 6.54 Å². The van der Waals surface area contributed by atoms with Gasteiger partial charge < -0.3 is 19.2 Å². The van der Waals surface area contributed by atoms with Crippen LogP contribution >= 0.6 is 0 Å². The van der Waals surface area contributed by atoms with Gasteiger partial charge in [-0.3, -0.25) is 4.79 Å². The van der Waals surface area contributed by atoms with Crippen molar-refractivity contribution in [2.45, 2.75) is 45.3 Å². The summed E-state index contributed by atoms with van der Waals surface area (Å²) in [5.74, 6) is 2.00. The van der Waals surface area contributed by atoms with Gasteiger partial charge in [0.2, 0.25) is 0 Å². The van der Waals surface area contributed by atoms with Crippen LogP contribution in [-0.2, 0) is 5.60 Å². The standard InChI is InChI=1S/C20H25NO4/c1-13-12-17(14(2)25-13)19(22)21-11-5-6-18(21)20(3,23)15-7-9-16(24-4)10-8-15/h7-10,12,18,23H,5-6,11H2,1-4H3/t18-,20+/m1/s1. The maximum atomic E-state index is 13.0. The van der Waals surface area contributed by atoms with Crippen LogP contribution in [0.25, 0.3) is 0 Å². The first kappa shape index (κ1) is 17.5. The van der Waals surface area contributed by atoms with Gasteiger partial charge in [-0.25, -0.2) is 0 Å². The van der Waals surface area contributed by atoms with Gasteiger partial charge in [-0.15, -0.1) is 0 Å². The molecule has 5 nitrogen and oxygen atoms in total. The fourth-order valence-electron chi connectivity index (χ4n) is 3.71. The molecule has 2 aromatic rings. The van der Waals surface area contributed by atoms with Crippen LogP contribution in [-0.4, -0.2) is 35.6 Å². The Morgan fingerprint density at radius 2 is 2.00 bits per heavy atom. The molecule has 1 saturated heterocycles. The molecule has 3 rings (SSSR count). The van der Waals surface area contributed by atoms with Crippen molar-refractivity contribution in [3.63, 3.8) is 0 Å². The summed E-state index contributed by atoms with van der Waals surface area (Å²) in [6.45, 7) is 6.05. The number of likely N-dealkylation sites (tertiary alicyclic amines) is 1. The van der Waals surface area contributed by atoms with Gasteiger partial charge in [0.25, 0.3) is 5.91 Å². The number of methoxy groups -OCH3 is 1. The van der Waals surface area contributed by atoms with Gasteiger partial charge in [-0.2, -0.15) is 0 Å². The van der Waals surface area contributed by atoms with Gasteiger partial charge in [0.05, 0.1) is 18.7 Å². The first-order valence-corrected chi connectivity index (χ1v) is 8.59. The number of hydrogen-bond acceptors (Lipinski definition) is 4. The Bertz CT molecular complexity index is 761. The Balaban J connectivity index is 1.89. The number of nitrogens with zero attached hydrogens (tertiary/aromatic N) is 1. The third-order valence-electron chi connectivity index (χ3n) is 5.11. The number of furan rings is 1. The van der Waals surface area contributed by atoms with Crippen molar-refractivity contribution < 1.29 is 19.1 Å². The molecule has 0 aliphatic carbocycles. The zero-order valence-electron chi connectivity index (χ0n) is 15.2.